The number of hydrogen-bond acceptors (Lipinski definition) is 3. The van der Waals surface area contributed by atoms with Gasteiger partial charge in [-0.05, 0) is 23.8 Å². The van der Waals surface area contributed by atoms with E-state index in [1.165, 1.54) is 0 Å². The highest BCUT2D eigenvalue weighted by molar-refractivity contribution is 6.13. The molecule has 0 atom stereocenters. The van der Waals surface area contributed by atoms with Gasteiger partial charge in [0, 0.05) is 29.6 Å². The van der Waals surface area contributed by atoms with Gasteiger partial charge in [-0.25, -0.2) is 4.52 Å². The van der Waals surface area contributed by atoms with Crippen LogP contribution in [0, 0.1) is 0 Å². The smallest absolute Gasteiger partial charge is 0.211 e. The lowest BCUT2D eigenvalue weighted by Crippen LogP contribution is -2.16. The largest absolute Gasteiger partial charge is 0.287 e. The molecule has 0 unspecified atom stereocenters. The summed E-state index contributed by atoms with van der Waals surface area (Å²) < 4.78 is 1.91. The maximum Gasteiger partial charge on any atom is 0.211 e. The quantitative estimate of drug-likeness (QED) is 0.502. The number of fused-ring (bicyclic) bond motifs is 3. The summed E-state index contributed by atoms with van der Waals surface area (Å²) in [5, 5.41) is 7.59. The van der Waals surface area contributed by atoms with Gasteiger partial charge in [-0.1, -0.05) is 36.4 Å². The van der Waals surface area contributed by atoms with Crippen LogP contribution in [0.15, 0.2) is 71.8 Å². The molecule has 0 bridgehead atoms. The summed E-state index contributed by atoms with van der Waals surface area (Å²) in [6.45, 7) is 0. The molecule has 3 heterocycles. The zero-order valence-electron chi connectivity index (χ0n) is 12.8. The summed E-state index contributed by atoms with van der Waals surface area (Å²) in [4.78, 5) is 17.0. The Hall–Kier alpha value is -3.27. The van der Waals surface area contributed by atoms with Crippen LogP contribution in [0.25, 0.3) is 27.2 Å². The molecule has 0 amide bonds. The second-order valence-corrected chi connectivity index (χ2v) is 5.94. The first kappa shape index (κ1) is 13.2. The minimum absolute atomic E-state index is 0.000223. The minimum Gasteiger partial charge on any atom is -0.287 e. The van der Waals surface area contributed by atoms with Crippen LogP contribution in [0.3, 0.4) is 0 Å². The number of hydrogen-bond donors (Lipinski definition) is 0. The van der Waals surface area contributed by atoms with Gasteiger partial charge in [-0.3, -0.25) is 9.78 Å². The van der Waals surface area contributed by atoms with Gasteiger partial charge in [0.1, 0.15) is 5.69 Å². The van der Waals surface area contributed by atoms with Crippen molar-refractivity contribution in [3.05, 3.63) is 88.5 Å². The standard InChI is InChI=1S/C20H13N3O/c24-20-16-8-3-7-15-14-6-1-2-9-18(14)23(19(15)16)22-17(20)11-13-5-4-10-21-12-13/h1-10,12H,11H2. The number of aromatic nitrogens is 3. The van der Waals surface area contributed by atoms with Crippen molar-refractivity contribution in [2.45, 2.75) is 6.42 Å². The average molecular weight is 311 g/mol. The van der Waals surface area contributed by atoms with Gasteiger partial charge in [0.2, 0.25) is 5.43 Å². The van der Waals surface area contributed by atoms with E-state index in [-0.39, 0.29) is 5.43 Å². The fourth-order valence-corrected chi connectivity index (χ4v) is 3.42. The van der Waals surface area contributed by atoms with Crippen LogP contribution in [-0.4, -0.2) is 14.6 Å². The first-order valence-corrected chi connectivity index (χ1v) is 7.86. The van der Waals surface area contributed by atoms with Crippen LogP contribution in [0.2, 0.25) is 0 Å². The predicted octanol–water partition coefficient (Wildman–Crippen LogP) is 3.42. The summed E-state index contributed by atoms with van der Waals surface area (Å²) in [7, 11) is 0. The molecule has 5 rings (SSSR count). The second-order valence-electron chi connectivity index (χ2n) is 5.94. The van der Waals surface area contributed by atoms with Crippen molar-refractivity contribution >= 4 is 27.2 Å². The zero-order valence-corrected chi connectivity index (χ0v) is 12.8. The molecule has 3 aromatic heterocycles. The van der Waals surface area contributed by atoms with Gasteiger partial charge >= 0.3 is 0 Å². The highest BCUT2D eigenvalue weighted by atomic mass is 16.1. The SMILES string of the molecule is O=c1c(Cc2cccnc2)nn2c3ccccc3c3cccc1c32. The molecule has 0 fully saturated rings. The van der Waals surface area contributed by atoms with Gasteiger partial charge in [0.15, 0.2) is 0 Å². The van der Waals surface area contributed by atoms with Crippen LogP contribution in [0.4, 0.5) is 0 Å². The Kier molecular flexibility index (Phi) is 2.67. The molecule has 0 aliphatic heterocycles. The van der Waals surface area contributed by atoms with Crippen LogP contribution in [0.5, 0.6) is 0 Å². The fourth-order valence-electron chi connectivity index (χ4n) is 3.42. The van der Waals surface area contributed by atoms with Crippen LogP contribution in [0.1, 0.15) is 11.3 Å². The summed E-state index contributed by atoms with van der Waals surface area (Å²) in [6, 6.07) is 17.8. The third-order valence-electron chi connectivity index (χ3n) is 4.49. The molecule has 24 heavy (non-hydrogen) atoms. The highest BCUT2D eigenvalue weighted by Crippen LogP contribution is 2.29. The predicted molar refractivity (Wildman–Crippen MR) is 94.7 cm³/mol. The van der Waals surface area contributed by atoms with Crippen molar-refractivity contribution in [1.29, 1.82) is 0 Å². The molecule has 0 aliphatic rings. The van der Waals surface area contributed by atoms with Gasteiger partial charge < -0.3 is 0 Å². The lowest BCUT2D eigenvalue weighted by molar-refractivity contribution is 0.893. The maximum absolute atomic E-state index is 12.9. The van der Waals surface area contributed by atoms with E-state index in [4.69, 9.17) is 0 Å². The Morgan fingerprint density at radius 1 is 0.875 bits per heavy atom. The lowest BCUT2D eigenvalue weighted by Gasteiger charge is -2.05. The number of benzene rings is 2. The minimum atomic E-state index is -0.000223. The molecule has 0 radical (unpaired) electrons. The van der Waals surface area contributed by atoms with Crippen LogP contribution < -0.4 is 5.43 Å². The Balaban J connectivity index is 1.89. The van der Waals surface area contributed by atoms with Crippen molar-refractivity contribution in [3.8, 4) is 0 Å². The molecule has 4 heteroatoms. The number of pyridine rings is 1. The van der Waals surface area contributed by atoms with Crippen molar-refractivity contribution < 1.29 is 0 Å². The van der Waals surface area contributed by atoms with Crippen LogP contribution in [-0.2, 0) is 6.42 Å². The molecule has 114 valence electrons. The monoisotopic (exact) mass is 311 g/mol. The first-order chi connectivity index (χ1) is 11.8. The zero-order chi connectivity index (χ0) is 16.1. The van der Waals surface area contributed by atoms with E-state index in [9.17, 15) is 4.79 Å². The summed E-state index contributed by atoms with van der Waals surface area (Å²) in [5.74, 6) is 0. The van der Waals surface area contributed by atoms with E-state index in [1.54, 1.807) is 12.4 Å². The van der Waals surface area contributed by atoms with E-state index in [0.717, 1.165) is 32.8 Å². The average Bonchev–Trinajstić information content (AvgIpc) is 2.95. The van der Waals surface area contributed by atoms with Gasteiger partial charge in [-0.2, -0.15) is 5.10 Å². The van der Waals surface area contributed by atoms with Crippen molar-refractivity contribution in [1.82, 2.24) is 14.6 Å². The van der Waals surface area contributed by atoms with Crippen molar-refractivity contribution in [2.75, 3.05) is 0 Å². The number of rotatable bonds is 2. The van der Waals surface area contributed by atoms with E-state index in [0.29, 0.717) is 12.1 Å². The van der Waals surface area contributed by atoms with E-state index in [2.05, 4.69) is 16.1 Å². The molecule has 0 saturated heterocycles. The number of para-hydroxylation sites is 2. The topological polar surface area (TPSA) is 47.3 Å². The van der Waals surface area contributed by atoms with Crippen molar-refractivity contribution in [2.24, 2.45) is 0 Å². The van der Waals surface area contributed by atoms with Gasteiger partial charge in [0.05, 0.1) is 16.4 Å². The normalized spacial score (nSPS) is 11.7. The molecular weight excluding hydrogens is 298 g/mol. The summed E-state index contributed by atoms with van der Waals surface area (Å²) >= 11 is 0. The van der Waals surface area contributed by atoms with Gasteiger partial charge in [0.25, 0.3) is 0 Å². The van der Waals surface area contributed by atoms with Crippen LogP contribution >= 0.6 is 0 Å². The van der Waals surface area contributed by atoms with Gasteiger partial charge in [-0.15, -0.1) is 0 Å². The van der Waals surface area contributed by atoms with Crippen molar-refractivity contribution in [3.63, 3.8) is 0 Å². The fraction of sp³-hybridized carbons (Fsp3) is 0.0500. The molecule has 0 N–H and O–H groups in total. The summed E-state index contributed by atoms with van der Waals surface area (Å²) in [6.07, 6.45) is 3.99. The highest BCUT2D eigenvalue weighted by Gasteiger charge is 2.16. The Labute approximate surface area is 137 Å². The molecule has 4 nitrogen and oxygen atoms in total. The third kappa shape index (κ3) is 1.77. The first-order valence-electron chi connectivity index (χ1n) is 7.86. The van der Waals surface area contributed by atoms with E-state index >= 15 is 0 Å². The molecule has 0 aliphatic carbocycles. The second kappa shape index (κ2) is 4.86. The molecule has 2 aromatic carbocycles. The lowest BCUT2D eigenvalue weighted by atomic mass is 10.1. The molecule has 0 spiro atoms. The third-order valence-corrected chi connectivity index (χ3v) is 4.49. The molecule has 0 saturated carbocycles. The summed E-state index contributed by atoms with van der Waals surface area (Å²) in [5.41, 5.74) is 3.45. The maximum atomic E-state index is 12.9. The van der Waals surface area contributed by atoms with E-state index < -0.39 is 0 Å². The Morgan fingerprint density at radius 2 is 1.71 bits per heavy atom. The molecular formula is C20H13N3O. The number of nitrogens with zero attached hydrogens (tertiary/aromatic N) is 3. The molecule has 5 aromatic rings. The Morgan fingerprint density at radius 3 is 2.58 bits per heavy atom. The van der Waals surface area contributed by atoms with E-state index in [1.807, 2.05) is 53.0 Å². The Bertz CT molecular complexity index is 1240.